The van der Waals surface area contributed by atoms with Gasteiger partial charge in [0.2, 0.25) is 0 Å². The van der Waals surface area contributed by atoms with E-state index in [2.05, 4.69) is 10.4 Å². The molecule has 1 amide bonds. The topological polar surface area (TPSA) is 72.9 Å². The van der Waals surface area contributed by atoms with Crippen LogP contribution in [0, 0.1) is 0 Å². The highest BCUT2D eigenvalue weighted by atomic mass is 16.2. The third-order valence-electron chi connectivity index (χ3n) is 3.10. The van der Waals surface area contributed by atoms with E-state index in [-0.39, 0.29) is 11.9 Å². The maximum atomic E-state index is 12.1. The molecular formula is C12H22N4O. The minimum atomic E-state index is -0.437. The van der Waals surface area contributed by atoms with Crippen LogP contribution in [0.15, 0.2) is 6.07 Å². The first-order valence-electron chi connectivity index (χ1n) is 5.89. The quantitative estimate of drug-likeness (QED) is 0.816. The van der Waals surface area contributed by atoms with Gasteiger partial charge in [0.15, 0.2) is 0 Å². The highest BCUT2D eigenvalue weighted by Gasteiger charge is 2.26. The van der Waals surface area contributed by atoms with Gasteiger partial charge in [-0.3, -0.25) is 9.48 Å². The Morgan fingerprint density at radius 1 is 1.65 bits per heavy atom. The number of hydrogen-bond acceptors (Lipinski definition) is 3. The van der Waals surface area contributed by atoms with Crippen molar-refractivity contribution in [3.8, 4) is 0 Å². The molecule has 0 bridgehead atoms. The van der Waals surface area contributed by atoms with Crippen molar-refractivity contribution < 1.29 is 4.79 Å². The molecule has 1 heterocycles. The standard InChI is InChI=1S/C12H22N4O/c1-6-9-7-10(16(5)15-9)11(17)14-12(3,4)8(2)13/h7-8H,6,13H2,1-5H3,(H,14,17). The fourth-order valence-electron chi connectivity index (χ4n) is 1.38. The van der Waals surface area contributed by atoms with Crippen LogP contribution in [0.5, 0.6) is 0 Å². The van der Waals surface area contributed by atoms with Gasteiger partial charge in [-0.2, -0.15) is 5.10 Å². The molecule has 5 heteroatoms. The van der Waals surface area contributed by atoms with Crippen LogP contribution in [0.4, 0.5) is 0 Å². The number of nitrogens with one attached hydrogen (secondary N) is 1. The first kappa shape index (κ1) is 13.7. The lowest BCUT2D eigenvalue weighted by Gasteiger charge is -2.30. The van der Waals surface area contributed by atoms with E-state index in [1.807, 2.05) is 33.8 Å². The molecule has 1 atom stereocenters. The Morgan fingerprint density at radius 3 is 2.65 bits per heavy atom. The minimum Gasteiger partial charge on any atom is -0.344 e. The van der Waals surface area contributed by atoms with Crippen molar-refractivity contribution in [1.29, 1.82) is 0 Å². The average molecular weight is 238 g/mol. The van der Waals surface area contributed by atoms with Crippen molar-refractivity contribution in [3.63, 3.8) is 0 Å². The number of carbonyl (C=O) groups excluding carboxylic acids is 1. The molecule has 17 heavy (non-hydrogen) atoms. The molecule has 0 aliphatic carbocycles. The summed E-state index contributed by atoms with van der Waals surface area (Å²) in [6.45, 7) is 7.70. The highest BCUT2D eigenvalue weighted by molar-refractivity contribution is 5.93. The number of rotatable bonds is 4. The second kappa shape index (κ2) is 4.87. The largest absolute Gasteiger partial charge is 0.344 e. The SMILES string of the molecule is CCc1cc(C(=O)NC(C)(C)C(C)N)n(C)n1. The molecule has 3 N–H and O–H groups in total. The van der Waals surface area contributed by atoms with Gasteiger partial charge in [-0.05, 0) is 33.3 Å². The molecule has 0 fully saturated rings. The van der Waals surface area contributed by atoms with Crippen LogP contribution in [-0.2, 0) is 13.5 Å². The van der Waals surface area contributed by atoms with Gasteiger partial charge in [-0.25, -0.2) is 0 Å². The van der Waals surface area contributed by atoms with Crippen LogP contribution >= 0.6 is 0 Å². The molecule has 0 aliphatic rings. The zero-order valence-corrected chi connectivity index (χ0v) is 11.2. The number of nitrogens with zero attached hydrogens (tertiary/aromatic N) is 2. The predicted molar refractivity (Wildman–Crippen MR) is 67.8 cm³/mol. The molecule has 1 aromatic rings. The molecular weight excluding hydrogens is 216 g/mol. The molecule has 0 aromatic carbocycles. The van der Waals surface area contributed by atoms with Crippen molar-refractivity contribution in [2.75, 3.05) is 0 Å². The Morgan fingerprint density at radius 2 is 2.24 bits per heavy atom. The van der Waals surface area contributed by atoms with Gasteiger partial charge in [-0.1, -0.05) is 6.92 Å². The van der Waals surface area contributed by atoms with E-state index in [0.717, 1.165) is 12.1 Å². The number of nitrogens with two attached hydrogens (primary N) is 1. The zero-order valence-electron chi connectivity index (χ0n) is 11.2. The number of aromatic nitrogens is 2. The van der Waals surface area contributed by atoms with Gasteiger partial charge in [0.1, 0.15) is 5.69 Å². The molecule has 1 aromatic heterocycles. The first-order valence-corrected chi connectivity index (χ1v) is 5.89. The summed E-state index contributed by atoms with van der Waals surface area (Å²) < 4.78 is 1.60. The molecule has 0 saturated heterocycles. The summed E-state index contributed by atoms with van der Waals surface area (Å²) >= 11 is 0. The Labute approximate surface area is 102 Å². The Balaban J connectivity index is 2.86. The van der Waals surface area contributed by atoms with Gasteiger partial charge < -0.3 is 11.1 Å². The Bertz CT molecular complexity index is 407. The van der Waals surface area contributed by atoms with Gasteiger partial charge in [0.05, 0.1) is 5.69 Å². The van der Waals surface area contributed by atoms with E-state index >= 15 is 0 Å². The fraction of sp³-hybridized carbons (Fsp3) is 0.667. The molecule has 5 nitrogen and oxygen atoms in total. The van der Waals surface area contributed by atoms with Crippen LogP contribution in [0.3, 0.4) is 0 Å². The third kappa shape index (κ3) is 3.06. The average Bonchev–Trinajstić information content (AvgIpc) is 2.58. The van der Waals surface area contributed by atoms with E-state index in [4.69, 9.17) is 5.73 Å². The van der Waals surface area contributed by atoms with E-state index in [1.54, 1.807) is 11.7 Å². The number of amides is 1. The van der Waals surface area contributed by atoms with Crippen molar-refractivity contribution in [1.82, 2.24) is 15.1 Å². The summed E-state index contributed by atoms with van der Waals surface area (Å²) in [6, 6.07) is 1.69. The summed E-state index contributed by atoms with van der Waals surface area (Å²) in [5, 5.41) is 7.18. The summed E-state index contributed by atoms with van der Waals surface area (Å²) in [6.07, 6.45) is 0.817. The lowest BCUT2D eigenvalue weighted by Crippen LogP contribution is -2.54. The van der Waals surface area contributed by atoms with Crippen molar-refractivity contribution in [2.24, 2.45) is 12.8 Å². The van der Waals surface area contributed by atoms with E-state index < -0.39 is 5.54 Å². The van der Waals surface area contributed by atoms with E-state index in [0.29, 0.717) is 5.69 Å². The summed E-state index contributed by atoms with van der Waals surface area (Å²) in [4.78, 5) is 12.1. The van der Waals surface area contributed by atoms with Crippen molar-refractivity contribution in [2.45, 2.75) is 45.7 Å². The molecule has 0 radical (unpaired) electrons. The smallest absolute Gasteiger partial charge is 0.270 e. The molecule has 0 spiro atoms. The van der Waals surface area contributed by atoms with Gasteiger partial charge in [-0.15, -0.1) is 0 Å². The molecule has 0 aliphatic heterocycles. The molecule has 96 valence electrons. The zero-order chi connectivity index (χ0) is 13.2. The van der Waals surface area contributed by atoms with Crippen molar-refractivity contribution in [3.05, 3.63) is 17.5 Å². The van der Waals surface area contributed by atoms with E-state index in [9.17, 15) is 4.79 Å². The van der Waals surface area contributed by atoms with Gasteiger partial charge >= 0.3 is 0 Å². The fourth-order valence-corrected chi connectivity index (χ4v) is 1.38. The second-order valence-electron chi connectivity index (χ2n) is 4.96. The lowest BCUT2D eigenvalue weighted by molar-refractivity contribution is 0.0893. The summed E-state index contributed by atoms with van der Waals surface area (Å²) in [5.74, 6) is -0.137. The van der Waals surface area contributed by atoms with Crippen LogP contribution < -0.4 is 11.1 Å². The first-order chi connectivity index (χ1) is 7.77. The summed E-state index contributed by atoms with van der Waals surface area (Å²) in [5.41, 5.74) is 6.87. The number of aryl methyl sites for hydroxylation is 2. The Kier molecular flexibility index (Phi) is 3.93. The van der Waals surface area contributed by atoms with E-state index in [1.165, 1.54) is 0 Å². The maximum Gasteiger partial charge on any atom is 0.270 e. The van der Waals surface area contributed by atoms with Crippen molar-refractivity contribution >= 4 is 5.91 Å². The van der Waals surface area contributed by atoms with Crippen LogP contribution in [-0.4, -0.2) is 27.3 Å². The minimum absolute atomic E-state index is 0.120. The highest BCUT2D eigenvalue weighted by Crippen LogP contribution is 2.10. The third-order valence-corrected chi connectivity index (χ3v) is 3.10. The van der Waals surface area contributed by atoms with Crippen LogP contribution in [0.2, 0.25) is 0 Å². The molecule has 0 saturated carbocycles. The van der Waals surface area contributed by atoms with Gasteiger partial charge in [0, 0.05) is 18.6 Å². The Hall–Kier alpha value is -1.36. The van der Waals surface area contributed by atoms with Crippen LogP contribution in [0.1, 0.15) is 43.9 Å². The molecule has 1 unspecified atom stereocenters. The lowest BCUT2D eigenvalue weighted by atomic mass is 9.97. The second-order valence-corrected chi connectivity index (χ2v) is 4.96. The monoisotopic (exact) mass is 238 g/mol. The number of carbonyl (C=O) groups is 1. The number of hydrogen-bond donors (Lipinski definition) is 2. The van der Waals surface area contributed by atoms with Gasteiger partial charge in [0.25, 0.3) is 5.91 Å². The normalized spacial score (nSPS) is 13.5. The molecule has 1 rings (SSSR count). The predicted octanol–water partition coefficient (Wildman–Crippen LogP) is 0.838. The summed E-state index contributed by atoms with van der Waals surface area (Å²) in [7, 11) is 1.77. The van der Waals surface area contributed by atoms with Crippen LogP contribution in [0.25, 0.3) is 0 Å². The maximum absolute atomic E-state index is 12.1.